The van der Waals surface area contributed by atoms with Gasteiger partial charge < -0.3 is 11.1 Å². The van der Waals surface area contributed by atoms with Gasteiger partial charge in [0.15, 0.2) is 0 Å². The predicted octanol–water partition coefficient (Wildman–Crippen LogP) is 1.33. The lowest BCUT2D eigenvalue weighted by Gasteiger charge is -2.10. The maximum atomic E-state index is 5.85. The van der Waals surface area contributed by atoms with E-state index in [4.69, 9.17) is 5.73 Å². The summed E-state index contributed by atoms with van der Waals surface area (Å²) in [6.07, 6.45) is 2.40. The van der Waals surface area contributed by atoms with E-state index in [9.17, 15) is 0 Å². The molecule has 0 aromatic carbocycles. The molecular weight excluding hydrogens is 228 g/mol. The zero-order valence-corrected chi connectivity index (χ0v) is 10.5. The Morgan fingerprint density at radius 1 is 1.33 bits per heavy atom. The van der Waals surface area contributed by atoms with Crippen LogP contribution in [-0.4, -0.2) is 20.2 Å². The van der Waals surface area contributed by atoms with Crippen LogP contribution >= 0.6 is 0 Å². The minimum absolute atomic E-state index is 0.517. The molecule has 0 saturated heterocycles. The predicted molar refractivity (Wildman–Crippen MR) is 69.9 cm³/mol. The average molecular weight is 244 g/mol. The highest BCUT2D eigenvalue weighted by Gasteiger charge is 2.07. The third-order valence-electron chi connectivity index (χ3n) is 2.61. The number of nitrogen functional groups attached to an aromatic ring is 1. The number of anilines is 2. The topological polar surface area (TPSA) is 89.6 Å². The van der Waals surface area contributed by atoms with Crippen LogP contribution in [-0.2, 0) is 13.0 Å². The third-order valence-corrected chi connectivity index (χ3v) is 2.61. The van der Waals surface area contributed by atoms with E-state index in [2.05, 4.69) is 25.5 Å². The molecule has 0 aliphatic rings. The van der Waals surface area contributed by atoms with Gasteiger partial charge in [0.1, 0.15) is 17.5 Å². The van der Waals surface area contributed by atoms with E-state index in [0.29, 0.717) is 12.4 Å². The van der Waals surface area contributed by atoms with Gasteiger partial charge in [0.2, 0.25) is 0 Å². The van der Waals surface area contributed by atoms with Gasteiger partial charge in [-0.3, -0.25) is 0 Å². The van der Waals surface area contributed by atoms with Gasteiger partial charge in [0, 0.05) is 18.2 Å². The molecule has 6 nitrogen and oxygen atoms in total. The standard InChI is InChI=1S/C12H16N6/c1-3-10-16-11(13)8(2)12(17-10)14-7-9-5-4-6-15-18-9/h4-6H,3,7H2,1-2H3,(H3,13,14,16,17). The van der Waals surface area contributed by atoms with Crippen LogP contribution in [0.3, 0.4) is 0 Å². The van der Waals surface area contributed by atoms with E-state index in [-0.39, 0.29) is 0 Å². The SMILES string of the molecule is CCc1nc(N)c(C)c(NCc2cccnn2)n1. The van der Waals surface area contributed by atoms with Crippen molar-refractivity contribution in [3.63, 3.8) is 0 Å². The number of rotatable bonds is 4. The molecule has 0 aliphatic carbocycles. The van der Waals surface area contributed by atoms with Crippen LogP contribution in [0.4, 0.5) is 11.6 Å². The van der Waals surface area contributed by atoms with Crippen LogP contribution in [0.2, 0.25) is 0 Å². The summed E-state index contributed by atoms with van der Waals surface area (Å²) < 4.78 is 0. The van der Waals surface area contributed by atoms with Gasteiger partial charge in [-0.2, -0.15) is 10.2 Å². The highest BCUT2D eigenvalue weighted by molar-refractivity contribution is 5.54. The van der Waals surface area contributed by atoms with Gasteiger partial charge in [0.05, 0.1) is 12.2 Å². The second-order valence-electron chi connectivity index (χ2n) is 3.92. The van der Waals surface area contributed by atoms with Crippen molar-refractivity contribution >= 4 is 11.6 Å². The number of nitrogens with two attached hydrogens (primary N) is 1. The molecule has 2 heterocycles. The van der Waals surface area contributed by atoms with Crippen LogP contribution < -0.4 is 11.1 Å². The van der Waals surface area contributed by atoms with Gasteiger partial charge in [-0.05, 0) is 19.1 Å². The summed E-state index contributed by atoms with van der Waals surface area (Å²) in [6, 6.07) is 3.75. The first kappa shape index (κ1) is 12.2. The van der Waals surface area contributed by atoms with Crippen LogP contribution in [0.5, 0.6) is 0 Å². The summed E-state index contributed by atoms with van der Waals surface area (Å²) in [5.74, 6) is 2.01. The first-order chi connectivity index (χ1) is 8.70. The molecule has 0 unspecified atom stereocenters. The zero-order valence-electron chi connectivity index (χ0n) is 10.5. The fourth-order valence-corrected chi connectivity index (χ4v) is 1.51. The van der Waals surface area contributed by atoms with Crippen LogP contribution in [0, 0.1) is 6.92 Å². The Balaban J connectivity index is 2.16. The molecule has 0 aliphatic heterocycles. The maximum absolute atomic E-state index is 5.85. The Morgan fingerprint density at radius 3 is 2.83 bits per heavy atom. The third kappa shape index (κ3) is 2.71. The number of aromatic nitrogens is 4. The fourth-order valence-electron chi connectivity index (χ4n) is 1.51. The van der Waals surface area contributed by atoms with Crippen LogP contribution in [0.15, 0.2) is 18.3 Å². The van der Waals surface area contributed by atoms with Gasteiger partial charge in [0.25, 0.3) is 0 Å². The Morgan fingerprint density at radius 2 is 2.17 bits per heavy atom. The monoisotopic (exact) mass is 244 g/mol. The highest BCUT2D eigenvalue weighted by Crippen LogP contribution is 2.17. The van der Waals surface area contributed by atoms with Crippen LogP contribution in [0.25, 0.3) is 0 Å². The smallest absolute Gasteiger partial charge is 0.135 e. The number of nitrogens with zero attached hydrogens (tertiary/aromatic N) is 4. The van der Waals surface area contributed by atoms with Gasteiger partial charge >= 0.3 is 0 Å². The molecule has 2 aromatic heterocycles. The summed E-state index contributed by atoms with van der Waals surface area (Å²) in [4.78, 5) is 8.62. The second-order valence-corrected chi connectivity index (χ2v) is 3.92. The van der Waals surface area contributed by atoms with Gasteiger partial charge in [-0.15, -0.1) is 0 Å². The highest BCUT2D eigenvalue weighted by atomic mass is 15.1. The van der Waals surface area contributed by atoms with Crippen molar-refractivity contribution in [3.05, 3.63) is 35.4 Å². The normalized spacial score (nSPS) is 10.3. The lowest BCUT2D eigenvalue weighted by Crippen LogP contribution is -2.10. The number of aryl methyl sites for hydroxylation is 1. The van der Waals surface area contributed by atoms with Gasteiger partial charge in [-0.25, -0.2) is 9.97 Å². The quantitative estimate of drug-likeness (QED) is 0.843. The molecule has 0 fully saturated rings. The minimum atomic E-state index is 0.517. The molecule has 0 radical (unpaired) electrons. The Labute approximate surface area is 106 Å². The van der Waals surface area contributed by atoms with E-state index in [0.717, 1.165) is 29.3 Å². The van der Waals surface area contributed by atoms with Crippen molar-refractivity contribution in [3.8, 4) is 0 Å². The minimum Gasteiger partial charge on any atom is -0.383 e. The molecule has 2 aromatic rings. The van der Waals surface area contributed by atoms with Crippen molar-refractivity contribution in [1.29, 1.82) is 0 Å². The summed E-state index contributed by atoms with van der Waals surface area (Å²) in [7, 11) is 0. The lowest BCUT2D eigenvalue weighted by atomic mass is 10.3. The second kappa shape index (κ2) is 5.39. The molecular formula is C12H16N6. The molecule has 0 bridgehead atoms. The Hall–Kier alpha value is -2.24. The molecule has 0 spiro atoms. The van der Waals surface area contributed by atoms with Crippen molar-refractivity contribution in [2.24, 2.45) is 0 Å². The van der Waals surface area contributed by atoms with E-state index < -0.39 is 0 Å². The molecule has 0 amide bonds. The van der Waals surface area contributed by atoms with Crippen LogP contribution in [0.1, 0.15) is 24.0 Å². The maximum Gasteiger partial charge on any atom is 0.135 e. The molecule has 0 atom stereocenters. The fraction of sp³-hybridized carbons (Fsp3) is 0.333. The largest absolute Gasteiger partial charge is 0.383 e. The molecule has 18 heavy (non-hydrogen) atoms. The van der Waals surface area contributed by atoms with E-state index in [1.54, 1.807) is 6.20 Å². The first-order valence-corrected chi connectivity index (χ1v) is 5.84. The lowest BCUT2D eigenvalue weighted by molar-refractivity contribution is 0.899. The molecule has 94 valence electrons. The van der Waals surface area contributed by atoms with E-state index >= 15 is 0 Å². The average Bonchev–Trinajstić information content (AvgIpc) is 2.41. The molecule has 3 N–H and O–H groups in total. The number of hydrogen-bond donors (Lipinski definition) is 2. The van der Waals surface area contributed by atoms with Crippen molar-refractivity contribution < 1.29 is 0 Å². The van der Waals surface area contributed by atoms with Crippen molar-refractivity contribution in [2.75, 3.05) is 11.1 Å². The van der Waals surface area contributed by atoms with Gasteiger partial charge in [-0.1, -0.05) is 6.92 Å². The Bertz CT molecular complexity index is 526. The van der Waals surface area contributed by atoms with Crippen molar-refractivity contribution in [2.45, 2.75) is 26.8 Å². The zero-order chi connectivity index (χ0) is 13.0. The number of hydrogen-bond acceptors (Lipinski definition) is 6. The molecule has 2 rings (SSSR count). The summed E-state index contributed by atoms with van der Waals surface area (Å²) >= 11 is 0. The first-order valence-electron chi connectivity index (χ1n) is 5.84. The summed E-state index contributed by atoms with van der Waals surface area (Å²) in [5.41, 5.74) is 7.56. The number of nitrogens with one attached hydrogen (secondary N) is 1. The Kier molecular flexibility index (Phi) is 3.66. The summed E-state index contributed by atoms with van der Waals surface area (Å²) in [5, 5.41) is 11.0. The molecule has 6 heteroatoms. The van der Waals surface area contributed by atoms with E-state index in [1.807, 2.05) is 26.0 Å². The van der Waals surface area contributed by atoms with E-state index in [1.165, 1.54) is 0 Å². The van der Waals surface area contributed by atoms with Crippen molar-refractivity contribution in [1.82, 2.24) is 20.2 Å². The summed E-state index contributed by atoms with van der Waals surface area (Å²) in [6.45, 7) is 4.46. The molecule has 0 saturated carbocycles.